The maximum atomic E-state index is 12.1. The first-order valence-electron chi connectivity index (χ1n) is 9.84. The molecule has 3 atom stereocenters. The lowest BCUT2D eigenvalue weighted by molar-refractivity contribution is -0.0726. The minimum atomic E-state index is -0.614. The molecule has 0 aromatic carbocycles. The quantitative estimate of drug-likeness (QED) is 0.746. The van der Waals surface area contributed by atoms with Crippen LogP contribution in [0.15, 0.2) is 12.7 Å². The van der Waals surface area contributed by atoms with Crippen molar-refractivity contribution in [3.8, 4) is 0 Å². The highest BCUT2D eigenvalue weighted by Gasteiger charge is 2.37. The molecule has 0 aliphatic carbocycles. The summed E-state index contributed by atoms with van der Waals surface area (Å²) in [6.45, 7) is 11.0. The number of hydrogen-bond donors (Lipinski definition) is 1. The second kappa shape index (κ2) is 9.02. The van der Waals surface area contributed by atoms with Gasteiger partial charge in [-0.2, -0.15) is 0 Å². The van der Waals surface area contributed by atoms with Gasteiger partial charge >= 0.3 is 6.09 Å². The predicted octanol–water partition coefficient (Wildman–Crippen LogP) is 2.90. The van der Waals surface area contributed by atoms with Crippen LogP contribution in [0.25, 0.3) is 11.2 Å². The van der Waals surface area contributed by atoms with Crippen LogP contribution in [0, 0.1) is 0 Å². The van der Waals surface area contributed by atoms with Gasteiger partial charge in [-0.15, -0.1) is 0 Å². The fourth-order valence-corrected chi connectivity index (χ4v) is 3.20. The number of hydrogen-bond acceptors (Lipinski definition) is 8. The van der Waals surface area contributed by atoms with Gasteiger partial charge in [0.1, 0.15) is 24.3 Å². The van der Waals surface area contributed by atoms with Gasteiger partial charge in [-0.3, -0.25) is 9.88 Å². The maximum absolute atomic E-state index is 12.1. The van der Waals surface area contributed by atoms with Crippen molar-refractivity contribution in [2.75, 3.05) is 25.1 Å². The zero-order valence-corrected chi connectivity index (χ0v) is 17.5. The molecule has 3 heterocycles. The van der Waals surface area contributed by atoms with E-state index in [1.807, 2.05) is 18.4 Å². The largest absolute Gasteiger partial charge is 0.444 e. The van der Waals surface area contributed by atoms with Crippen LogP contribution in [0.1, 0.15) is 47.3 Å². The number of carbonyl (C=O) groups is 1. The van der Waals surface area contributed by atoms with Crippen LogP contribution in [0.2, 0.25) is 0 Å². The molecule has 2 aromatic rings. The van der Waals surface area contributed by atoms with Crippen molar-refractivity contribution in [2.45, 2.75) is 65.1 Å². The monoisotopic (exact) mass is 407 g/mol. The molecule has 10 heteroatoms. The molecule has 0 radical (unpaired) electrons. The molecule has 0 unspecified atom stereocenters. The van der Waals surface area contributed by atoms with Crippen molar-refractivity contribution in [3.63, 3.8) is 0 Å². The molecule has 0 spiro atoms. The van der Waals surface area contributed by atoms with E-state index in [1.165, 1.54) is 6.33 Å². The molecule has 29 heavy (non-hydrogen) atoms. The predicted molar refractivity (Wildman–Crippen MR) is 106 cm³/mol. The molecule has 160 valence electrons. The summed E-state index contributed by atoms with van der Waals surface area (Å²) in [6, 6.07) is 0. The van der Waals surface area contributed by atoms with Gasteiger partial charge in [0.15, 0.2) is 17.0 Å². The van der Waals surface area contributed by atoms with E-state index in [2.05, 4.69) is 20.3 Å². The maximum Gasteiger partial charge on any atom is 0.413 e. The summed E-state index contributed by atoms with van der Waals surface area (Å²) in [6.07, 6.45) is 2.52. The number of carbonyl (C=O) groups excluding carboxylic acids is 1. The molecule has 1 aliphatic rings. The summed E-state index contributed by atoms with van der Waals surface area (Å²) >= 11 is 0. The van der Waals surface area contributed by atoms with Crippen molar-refractivity contribution < 1.29 is 23.7 Å². The van der Waals surface area contributed by atoms with E-state index in [0.29, 0.717) is 37.4 Å². The van der Waals surface area contributed by atoms with Gasteiger partial charge in [0.25, 0.3) is 0 Å². The van der Waals surface area contributed by atoms with Gasteiger partial charge < -0.3 is 18.9 Å². The van der Waals surface area contributed by atoms with E-state index < -0.39 is 11.7 Å². The van der Waals surface area contributed by atoms with Gasteiger partial charge in [-0.1, -0.05) is 0 Å². The van der Waals surface area contributed by atoms with E-state index in [1.54, 1.807) is 27.1 Å². The molecule has 2 aromatic heterocycles. The average molecular weight is 407 g/mol. The number of imidazole rings is 1. The first kappa shape index (κ1) is 21.4. The Balaban J connectivity index is 1.80. The summed E-state index contributed by atoms with van der Waals surface area (Å²) < 4.78 is 24.7. The smallest absolute Gasteiger partial charge is 0.413 e. The van der Waals surface area contributed by atoms with Crippen molar-refractivity contribution in [1.29, 1.82) is 0 Å². The second-order valence-corrected chi connectivity index (χ2v) is 7.69. The number of ether oxygens (including phenoxy) is 4. The zero-order valence-electron chi connectivity index (χ0n) is 17.5. The highest BCUT2D eigenvalue weighted by atomic mass is 16.6. The fraction of sp³-hybridized carbons (Fsp3) is 0.684. The molecule has 1 amide bonds. The molecule has 3 rings (SSSR count). The third-order valence-electron chi connectivity index (χ3n) is 4.34. The minimum Gasteiger partial charge on any atom is -0.444 e. The Labute approximate surface area is 169 Å². The Morgan fingerprint density at radius 1 is 1.28 bits per heavy atom. The lowest BCUT2D eigenvalue weighted by atomic mass is 10.2. The SMILES string of the molecule is CCOC[C@H]1O[C@@H](n2cnc3c(NC(=O)OC(C)(C)C)ncnc32)C[C@H]1OCC. The molecular weight excluding hydrogens is 378 g/mol. The normalized spacial score (nSPS) is 22.2. The Kier molecular flexibility index (Phi) is 6.66. The minimum absolute atomic E-state index is 0.0739. The number of aromatic nitrogens is 4. The van der Waals surface area contributed by atoms with Crippen molar-refractivity contribution in [1.82, 2.24) is 19.5 Å². The van der Waals surface area contributed by atoms with Crippen LogP contribution < -0.4 is 5.32 Å². The third-order valence-corrected chi connectivity index (χ3v) is 4.34. The highest BCUT2D eigenvalue weighted by Crippen LogP contribution is 2.33. The molecule has 1 aliphatic heterocycles. The summed E-state index contributed by atoms with van der Waals surface area (Å²) in [5.74, 6) is 0.285. The number of amides is 1. The number of rotatable bonds is 7. The van der Waals surface area contributed by atoms with E-state index in [4.69, 9.17) is 18.9 Å². The van der Waals surface area contributed by atoms with Crippen LogP contribution in [0.3, 0.4) is 0 Å². The molecule has 10 nitrogen and oxygen atoms in total. The van der Waals surface area contributed by atoms with Crippen LogP contribution >= 0.6 is 0 Å². The van der Waals surface area contributed by atoms with Crippen LogP contribution in [-0.2, 0) is 18.9 Å². The van der Waals surface area contributed by atoms with Crippen molar-refractivity contribution in [3.05, 3.63) is 12.7 Å². The van der Waals surface area contributed by atoms with Crippen molar-refractivity contribution >= 4 is 23.1 Å². The van der Waals surface area contributed by atoms with Gasteiger partial charge in [0.05, 0.1) is 19.0 Å². The summed E-state index contributed by atoms with van der Waals surface area (Å²) in [5, 5.41) is 2.64. The molecule has 1 N–H and O–H groups in total. The fourth-order valence-electron chi connectivity index (χ4n) is 3.20. The molecule has 1 fully saturated rings. The summed E-state index contributed by atoms with van der Waals surface area (Å²) in [5.41, 5.74) is 0.406. The van der Waals surface area contributed by atoms with Gasteiger partial charge in [0.2, 0.25) is 0 Å². The lowest BCUT2D eigenvalue weighted by Crippen LogP contribution is -2.29. The lowest BCUT2D eigenvalue weighted by Gasteiger charge is -2.19. The topological polar surface area (TPSA) is 110 Å². The standard InChI is InChI=1S/C19H29N5O5/c1-6-26-9-13-12(27-7-2)8-14(28-13)24-11-22-15-16(20-10-21-17(15)24)23-18(25)29-19(3,4)5/h10-14H,6-9H2,1-5H3,(H,20,21,23,25)/t12-,13-,14-/m1/s1. The Hall–Kier alpha value is -2.30. The van der Waals surface area contributed by atoms with E-state index >= 15 is 0 Å². The Morgan fingerprint density at radius 2 is 2.07 bits per heavy atom. The Bertz CT molecular complexity index is 834. The van der Waals surface area contributed by atoms with Crippen LogP contribution in [0.4, 0.5) is 10.6 Å². The molecule has 1 saturated heterocycles. The molecular formula is C19H29N5O5. The van der Waals surface area contributed by atoms with Gasteiger partial charge in [-0.05, 0) is 34.6 Å². The summed E-state index contributed by atoms with van der Waals surface area (Å²) in [7, 11) is 0. The van der Waals surface area contributed by atoms with E-state index in [-0.39, 0.29) is 24.3 Å². The number of anilines is 1. The third kappa shape index (κ3) is 5.20. The number of fused-ring (bicyclic) bond motifs is 1. The molecule has 0 bridgehead atoms. The van der Waals surface area contributed by atoms with Gasteiger partial charge in [0, 0.05) is 19.6 Å². The van der Waals surface area contributed by atoms with Crippen LogP contribution in [-0.4, -0.2) is 63.2 Å². The summed E-state index contributed by atoms with van der Waals surface area (Å²) in [4.78, 5) is 25.0. The first-order valence-corrected chi connectivity index (χ1v) is 9.84. The number of nitrogens with one attached hydrogen (secondary N) is 1. The second-order valence-electron chi connectivity index (χ2n) is 7.69. The van der Waals surface area contributed by atoms with Crippen LogP contribution in [0.5, 0.6) is 0 Å². The van der Waals surface area contributed by atoms with E-state index in [0.717, 1.165) is 0 Å². The number of nitrogens with zero attached hydrogens (tertiary/aromatic N) is 4. The van der Waals surface area contributed by atoms with Crippen molar-refractivity contribution in [2.24, 2.45) is 0 Å². The highest BCUT2D eigenvalue weighted by molar-refractivity contribution is 5.93. The van der Waals surface area contributed by atoms with Gasteiger partial charge in [-0.25, -0.2) is 19.7 Å². The van der Waals surface area contributed by atoms with E-state index in [9.17, 15) is 4.79 Å². The molecule has 0 saturated carbocycles. The zero-order chi connectivity index (χ0) is 21.0. The Morgan fingerprint density at radius 3 is 2.76 bits per heavy atom. The first-order chi connectivity index (χ1) is 13.8. The average Bonchev–Trinajstić information content (AvgIpc) is 3.23.